The second-order valence-corrected chi connectivity index (χ2v) is 8.49. The average molecular weight is 428 g/mol. The highest BCUT2D eigenvalue weighted by Crippen LogP contribution is 2.30. The number of halogens is 1. The molecule has 158 valence electrons. The molecule has 1 unspecified atom stereocenters. The molecule has 2 aromatic rings. The van der Waals surface area contributed by atoms with Gasteiger partial charge in [-0.15, -0.1) is 0 Å². The Morgan fingerprint density at radius 3 is 2.93 bits per heavy atom. The Balaban J connectivity index is 1.30. The number of nitrogens with zero attached hydrogens (tertiary/aromatic N) is 1. The van der Waals surface area contributed by atoms with Crippen LogP contribution in [0.4, 0.5) is 5.82 Å². The minimum absolute atomic E-state index is 0.100. The number of nitrogen functional groups attached to an aromatic ring is 1. The molecule has 4 atom stereocenters. The molecule has 5 N–H and O–H groups in total. The number of pyridine rings is 1. The van der Waals surface area contributed by atoms with E-state index in [1.165, 1.54) is 0 Å². The molecular formula is C22H26ClN5O2. The zero-order valence-corrected chi connectivity index (χ0v) is 17.6. The first-order valence-electron chi connectivity index (χ1n) is 10.3. The van der Waals surface area contributed by atoms with Gasteiger partial charge in [-0.2, -0.15) is 0 Å². The maximum atomic E-state index is 12.7. The Kier molecular flexibility index (Phi) is 5.92. The quantitative estimate of drug-likeness (QED) is 0.584. The lowest BCUT2D eigenvalue weighted by Gasteiger charge is -2.20. The molecule has 1 saturated heterocycles. The molecule has 2 heterocycles. The summed E-state index contributed by atoms with van der Waals surface area (Å²) < 4.78 is 0. The highest BCUT2D eigenvalue weighted by atomic mass is 35.5. The minimum atomic E-state index is -0.629. The lowest BCUT2D eigenvalue weighted by atomic mass is 9.96. The Morgan fingerprint density at radius 2 is 2.13 bits per heavy atom. The first-order chi connectivity index (χ1) is 14.4. The van der Waals surface area contributed by atoms with E-state index in [-0.39, 0.29) is 29.8 Å². The summed E-state index contributed by atoms with van der Waals surface area (Å²) in [5.74, 6) is 0.339. The largest absolute Gasteiger partial charge is 0.384 e. The Morgan fingerprint density at radius 1 is 1.30 bits per heavy atom. The van der Waals surface area contributed by atoms with Crippen molar-refractivity contribution in [2.75, 3.05) is 12.3 Å². The van der Waals surface area contributed by atoms with Crippen molar-refractivity contribution in [1.82, 2.24) is 20.9 Å². The maximum absolute atomic E-state index is 12.7. The Hall–Kier alpha value is -2.64. The number of aromatic nitrogens is 1. The van der Waals surface area contributed by atoms with E-state index < -0.39 is 6.04 Å². The number of carbonyl (C=O) groups is 2. The van der Waals surface area contributed by atoms with Crippen LogP contribution in [0.15, 0.2) is 36.4 Å². The Labute approximate surface area is 180 Å². The minimum Gasteiger partial charge on any atom is -0.384 e. The normalized spacial score (nSPS) is 23.6. The zero-order valence-electron chi connectivity index (χ0n) is 16.8. The molecule has 0 spiro atoms. The van der Waals surface area contributed by atoms with Crippen molar-refractivity contribution in [3.63, 3.8) is 0 Å². The second-order valence-electron chi connectivity index (χ2n) is 8.05. The van der Waals surface area contributed by atoms with Gasteiger partial charge < -0.3 is 21.7 Å². The lowest BCUT2D eigenvalue weighted by molar-refractivity contribution is -0.129. The number of amides is 2. The first kappa shape index (κ1) is 20.6. The van der Waals surface area contributed by atoms with Crippen LogP contribution in [-0.2, 0) is 16.0 Å². The number of nitrogens with two attached hydrogens (primary N) is 1. The molecule has 0 bridgehead atoms. The van der Waals surface area contributed by atoms with Crippen LogP contribution in [0.1, 0.15) is 48.5 Å². The molecule has 0 radical (unpaired) electrons. The summed E-state index contributed by atoms with van der Waals surface area (Å²) in [7, 11) is 0. The van der Waals surface area contributed by atoms with Crippen molar-refractivity contribution < 1.29 is 9.59 Å². The van der Waals surface area contributed by atoms with E-state index in [9.17, 15) is 9.59 Å². The van der Waals surface area contributed by atoms with Crippen molar-refractivity contribution in [1.29, 1.82) is 0 Å². The van der Waals surface area contributed by atoms with Crippen LogP contribution in [0, 0.1) is 0 Å². The molecule has 1 aromatic heterocycles. The maximum Gasteiger partial charge on any atom is 0.242 e. The van der Waals surface area contributed by atoms with Crippen LogP contribution in [0.25, 0.3) is 0 Å². The van der Waals surface area contributed by atoms with Crippen molar-refractivity contribution in [3.05, 3.63) is 58.2 Å². The molecule has 2 amide bonds. The van der Waals surface area contributed by atoms with Gasteiger partial charge in [0, 0.05) is 17.3 Å². The van der Waals surface area contributed by atoms with Gasteiger partial charge in [0.1, 0.15) is 11.9 Å². The summed E-state index contributed by atoms with van der Waals surface area (Å²) >= 11 is 6.08. The van der Waals surface area contributed by atoms with Gasteiger partial charge >= 0.3 is 0 Å². The number of hydrogen-bond donors (Lipinski definition) is 4. The van der Waals surface area contributed by atoms with Gasteiger partial charge in [-0.05, 0) is 61.4 Å². The monoisotopic (exact) mass is 427 g/mol. The third-order valence-corrected chi connectivity index (χ3v) is 6.15. The number of nitrogens with one attached hydrogen (secondary N) is 3. The van der Waals surface area contributed by atoms with Gasteiger partial charge in [0.2, 0.25) is 11.8 Å². The highest BCUT2D eigenvalue weighted by molar-refractivity contribution is 6.30. The number of benzene rings is 1. The molecule has 2 aliphatic rings. The first-order valence-corrected chi connectivity index (χ1v) is 10.6. The summed E-state index contributed by atoms with van der Waals surface area (Å²) in [4.78, 5) is 29.7. The predicted octanol–water partition coefficient (Wildman–Crippen LogP) is 2.07. The number of aryl methyl sites for hydroxylation is 1. The van der Waals surface area contributed by atoms with E-state index in [1.54, 1.807) is 13.0 Å². The molecule has 0 saturated carbocycles. The SMILES string of the molecule is C[C@H](NC(=O)[C@H]1C[C@@H](c2cccc(Cl)c2)CN1)C(=O)NC1CCc2nc(N)ccc21. The van der Waals surface area contributed by atoms with Crippen LogP contribution >= 0.6 is 11.6 Å². The number of hydrogen-bond acceptors (Lipinski definition) is 5. The van der Waals surface area contributed by atoms with E-state index >= 15 is 0 Å². The lowest BCUT2D eigenvalue weighted by Crippen LogP contribution is -2.50. The van der Waals surface area contributed by atoms with Crippen LogP contribution < -0.4 is 21.7 Å². The summed E-state index contributed by atoms with van der Waals surface area (Å²) in [5, 5.41) is 9.80. The Bertz CT molecular complexity index is 966. The van der Waals surface area contributed by atoms with Gasteiger partial charge in [0.25, 0.3) is 0 Å². The summed E-state index contributed by atoms with van der Waals surface area (Å²) in [6, 6.07) is 10.3. The average Bonchev–Trinajstić information content (AvgIpc) is 3.35. The topological polar surface area (TPSA) is 109 Å². The van der Waals surface area contributed by atoms with Gasteiger partial charge in [-0.3, -0.25) is 9.59 Å². The van der Waals surface area contributed by atoms with Gasteiger partial charge in [0.15, 0.2) is 0 Å². The van der Waals surface area contributed by atoms with Gasteiger partial charge in [-0.25, -0.2) is 4.98 Å². The van der Waals surface area contributed by atoms with Crippen molar-refractivity contribution in [2.45, 2.75) is 50.2 Å². The third-order valence-electron chi connectivity index (χ3n) is 5.91. The number of anilines is 1. The number of rotatable bonds is 5. The van der Waals surface area contributed by atoms with Gasteiger partial charge in [-0.1, -0.05) is 29.8 Å². The number of carbonyl (C=O) groups excluding carboxylic acids is 2. The van der Waals surface area contributed by atoms with E-state index in [4.69, 9.17) is 17.3 Å². The van der Waals surface area contributed by atoms with Crippen LogP contribution in [0.5, 0.6) is 0 Å². The highest BCUT2D eigenvalue weighted by Gasteiger charge is 2.32. The molecule has 4 rings (SSSR count). The molecule has 1 aliphatic heterocycles. The molecule has 7 nitrogen and oxygen atoms in total. The second kappa shape index (κ2) is 8.62. The van der Waals surface area contributed by atoms with E-state index in [0.29, 0.717) is 23.8 Å². The van der Waals surface area contributed by atoms with E-state index in [2.05, 4.69) is 20.9 Å². The molecular weight excluding hydrogens is 402 g/mol. The fourth-order valence-corrected chi connectivity index (χ4v) is 4.46. The van der Waals surface area contributed by atoms with Gasteiger partial charge in [0.05, 0.1) is 12.1 Å². The molecule has 8 heteroatoms. The van der Waals surface area contributed by atoms with Crippen molar-refractivity contribution >= 4 is 29.2 Å². The molecule has 1 fully saturated rings. The van der Waals surface area contributed by atoms with E-state index in [1.807, 2.05) is 30.3 Å². The van der Waals surface area contributed by atoms with Crippen LogP contribution in [-0.4, -0.2) is 35.4 Å². The van der Waals surface area contributed by atoms with Crippen molar-refractivity contribution in [2.24, 2.45) is 0 Å². The van der Waals surface area contributed by atoms with Crippen molar-refractivity contribution in [3.8, 4) is 0 Å². The molecule has 1 aromatic carbocycles. The zero-order chi connectivity index (χ0) is 21.3. The number of fused-ring (bicyclic) bond motifs is 1. The molecule has 1 aliphatic carbocycles. The predicted molar refractivity (Wildman–Crippen MR) is 116 cm³/mol. The molecule has 30 heavy (non-hydrogen) atoms. The van der Waals surface area contributed by atoms with Crippen LogP contribution in [0.3, 0.4) is 0 Å². The fraction of sp³-hybridized carbons (Fsp3) is 0.409. The summed E-state index contributed by atoms with van der Waals surface area (Å²) in [6.45, 7) is 2.40. The standard InChI is InChI=1S/C22H26ClN5O2/c1-12(21(29)28-18-7-6-17-16(18)5-8-20(24)27-17)26-22(30)19-10-14(11-25-19)13-3-2-4-15(23)9-13/h2-5,8-9,12,14,18-19,25H,6-7,10-11H2,1H3,(H2,24,27)(H,26,30)(H,28,29)/t12-,14+,18?,19+/m0/s1. The fourth-order valence-electron chi connectivity index (χ4n) is 4.26. The summed E-state index contributed by atoms with van der Waals surface area (Å²) in [6.07, 6.45) is 2.23. The van der Waals surface area contributed by atoms with Crippen LogP contribution in [0.2, 0.25) is 5.02 Å². The van der Waals surface area contributed by atoms with E-state index in [0.717, 1.165) is 29.7 Å². The summed E-state index contributed by atoms with van der Waals surface area (Å²) in [5.41, 5.74) is 8.78. The third kappa shape index (κ3) is 4.42. The smallest absolute Gasteiger partial charge is 0.242 e.